The first kappa shape index (κ1) is 13.4. The Morgan fingerprint density at radius 1 is 1.33 bits per heavy atom. The van der Waals surface area contributed by atoms with Gasteiger partial charge in [-0.25, -0.2) is 0 Å². The van der Waals surface area contributed by atoms with E-state index in [1.807, 2.05) is 25.1 Å². The summed E-state index contributed by atoms with van der Waals surface area (Å²) in [5.74, 6) is 0.824. The second-order valence-corrected chi connectivity index (χ2v) is 5.69. The van der Waals surface area contributed by atoms with Gasteiger partial charge in [-0.1, -0.05) is 6.07 Å². The molecule has 0 spiro atoms. The standard InChI is InChI=1S/C15H23NO2/c1-11-4-7-14(8-12(11)2)18-10-15(3,17)9-16-13-5-6-13/h4,7-8,13,16-17H,5-6,9-10H2,1-3H3. The molecule has 0 aliphatic heterocycles. The van der Waals surface area contributed by atoms with Gasteiger partial charge >= 0.3 is 0 Å². The second-order valence-electron chi connectivity index (χ2n) is 5.69. The Labute approximate surface area is 109 Å². The molecule has 100 valence electrons. The predicted octanol–water partition coefficient (Wildman–Crippen LogP) is 2.19. The number of hydrogen-bond acceptors (Lipinski definition) is 3. The van der Waals surface area contributed by atoms with E-state index in [0.29, 0.717) is 19.2 Å². The van der Waals surface area contributed by atoms with Gasteiger partial charge in [-0.05, 0) is 56.9 Å². The molecule has 0 bridgehead atoms. The highest BCUT2D eigenvalue weighted by Crippen LogP contribution is 2.20. The fraction of sp³-hybridized carbons (Fsp3) is 0.600. The maximum atomic E-state index is 10.2. The molecule has 2 rings (SSSR count). The first-order valence-electron chi connectivity index (χ1n) is 6.62. The van der Waals surface area contributed by atoms with E-state index in [1.54, 1.807) is 0 Å². The van der Waals surface area contributed by atoms with Crippen LogP contribution in [0.2, 0.25) is 0 Å². The Hall–Kier alpha value is -1.06. The molecule has 1 aliphatic carbocycles. The molecule has 3 heteroatoms. The van der Waals surface area contributed by atoms with E-state index in [2.05, 4.69) is 19.2 Å². The molecule has 2 N–H and O–H groups in total. The van der Waals surface area contributed by atoms with E-state index in [9.17, 15) is 5.11 Å². The zero-order chi connectivity index (χ0) is 13.2. The highest BCUT2D eigenvalue weighted by Gasteiger charge is 2.27. The van der Waals surface area contributed by atoms with Crippen molar-refractivity contribution >= 4 is 0 Å². The van der Waals surface area contributed by atoms with E-state index in [1.165, 1.54) is 24.0 Å². The Morgan fingerprint density at radius 3 is 2.67 bits per heavy atom. The lowest BCUT2D eigenvalue weighted by Crippen LogP contribution is -2.43. The van der Waals surface area contributed by atoms with Crippen molar-refractivity contribution in [2.75, 3.05) is 13.2 Å². The van der Waals surface area contributed by atoms with E-state index in [-0.39, 0.29) is 0 Å². The van der Waals surface area contributed by atoms with Crippen molar-refractivity contribution in [3.05, 3.63) is 29.3 Å². The lowest BCUT2D eigenvalue weighted by atomic mass is 10.1. The zero-order valence-corrected chi connectivity index (χ0v) is 11.5. The fourth-order valence-corrected chi connectivity index (χ4v) is 1.75. The number of hydrogen-bond donors (Lipinski definition) is 2. The number of benzene rings is 1. The van der Waals surface area contributed by atoms with Crippen LogP contribution in [-0.2, 0) is 0 Å². The molecule has 1 unspecified atom stereocenters. The van der Waals surface area contributed by atoms with Crippen LogP contribution < -0.4 is 10.1 Å². The maximum absolute atomic E-state index is 10.2. The Kier molecular flexibility index (Phi) is 3.93. The van der Waals surface area contributed by atoms with Crippen LogP contribution in [0.15, 0.2) is 18.2 Å². The van der Waals surface area contributed by atoms with Crippen molar-refractivity contribution in [1.29, 1.82) is 0 Å². The molecule has 3 nitrogen and oxygen atoms in total. The monoisotopic (exact) mass is 249 g/mol. The minimum absolute atomic E-state index is 0.315. The maximum Gasteiger partial charge on any atom is 0.119 e. The number of nitrogens with one attached hydrogen (secondary N) is 1. The Bertz CT molecular complexity index is 411. The quantitative estimate of drug-likeness (QED) is 0.812. The minimum Gasteiger partial charge on any atom is -0.491 e. The molecule has 0 amide bonds. The van der Waals surface area contributed by atoms with Gasteiger partial charge in [0.2, 0.25) is 0 Å². The summed E-state index contributed by atoms with van der Waals surface area (Å²) in [4.78, 5) is 0. The summed E-state index contributed by atoms with van der Waals surface area (Å²) < 4.78 is 5.67. The molecular formula is C15H23NO2. The minimum atomic E-state index is -0.818. The first-order chi connectivity index (χ1) is 8.46. The lowest BCUT2D eigenvalue weighted by Gasteiger charge is -2.24. The van der Waals surface area contributed by atoms with Crippen molar-refractivity contribution < 1.29 is 9.84 Å². The molecule has 0 heterocycles. The molecule has 0 radical (unpaired) electrons. The van der Waals surface area contributed by atoms with Crippen molar-refractivity contribution in [3.63, 3.8) is 0 Å². The van der Waals surface area contributed by atoms with E-state index in [4.69, 9.17) is 4.74 Å². The average Bonchev–Trinajstić information content (AvgIpc) is 3.12. The van der Waals surface area contributed by atoms with Crippen LogP contribution >= 0.6 is 0 Å². The van der Waals surface area contributed by atoms with Gasteiger partial charge in [0.05, 0.1) is 0 Å². The summed E-state index contributed by atoms with van der Waals surface area (Å²) in [6, 6.07) is 6.62. The number of ether oxygens (including phenoxy) is 1. The third-order valence-corrected chi connectivity index (χ3v) is 3.38. The normalized spacial score (nSPS) is 18.4. The highest BCUT2D eigenvalue weighted by atomic mass is 16.5. The fourth-order valence-electron chi connectivity index (χ4n) is 1.75. The molecular weight excluding hydrogens is 226 g/mol. The van der Waals surface area contributed by atoms with Gasteiger partial charge in [0, 0.05) is 12.6 Å². The second kappa shape index (κ2) is 5.29. The Morgan fingerprint density at radius 2 is 2.06 bits per heavy atom. The van der Waals surface area contributed by atoms with E-state index >= 15 is 0 Å². The van der Waals surface area contributed by atoms with Crippen LogP contribution in [0.4, 0.5) is 0 Å². The van der Waals surface area contributed by atoms with Crippen LogP contribution in [0, 0.1) is 13.8 Å². The zero-order valence-electron chi connectivity index (χ0n) is 11.5. The van der Waals surface area contributed by atoms with E-state index < -0.39 is 5.60 Å². The first-order valence-corrected chi connectivity index (χ1v) is 6.62. The highest BCUT2D eigenvalue weighted by molar-refractivity contribution is 5.33. The van der Waals surface area contributed by atoms with Crippen molar-refractivity contribution in [2.45, 2.75) is 45.3 Å². The van der Waals surface area contributed by atoms with Gasteiger partial charge < -0.3 is 15.2 Å². The van der Waals surface area contributed by atoms with Crippen LogP contribution in [0.1, 0.15) is 30.9 Å². The summed E-state index contributed by atoms with van der Waals surface area (Å²) in [5.41, 5.74) is 1.65. The molecule has 0 aromatic heterocycles. The molecule has 1 aromatic rings. The lowest BCUT2D eigenvalue weighted by molar-refractivity contribution is 0.0120. The summed E-state index contributed by atoms with van der Waals surface area (Å²) in [6.45, 7) is 6.85. The third kappa shape index (κ3) is 4.00. The largest absolute Gasteiger partial charge is 0.491 e. The molecule has 18 heavy (non-hydrogen) atoms. The summed E-state index contributed by atoms with van der Waals surface area (Å²) in [6.07, 6.45) is 2.46. The molecule has 0 saturated heterocycles. The van der Waals surface area contributed by atoms with Crippen LogP contribution in [0.5, 0.6) is 5.75 Å². The van der Waals surface area contributed by atoms with Gasteiger partial charge in [-0.3, -0.25) is 0 Å². The summed E-state index contributed by atoms with van der Waals surface area (Å²) in [5, 5.41) is 13.5. The van der Waals surface area contributed by atoms with Crippen LogP contribution in [-0.4, -0.2) is 29.9 Å². The molecule has 1 aliphatic rings. The molecule has 1 fully saturated rings. The number of rotatable bonds is 6. The van der Waals surface area contributed by atoms with Gasteiger partial charge in [0.25, 0.3) is 0 Å². The smallest absolute Gasteiger partial charge is 0.119 e. The average molecular weight is 249 g/mol. The van der Waals surface area contributed by atoms with Crippen molar-refractivity contribution in [3.8, 4) is 5.75 Å². The van der Waals surface area contributed by atoms with Gasteiger partial charge in [0.1, 0.15) is 18.0 Å². The summed E-state index contributed by atoms with van der Waals surface area (Å²) in [7, 11) is 0. The predicted molar refractivity (Wildman–Crippen MR) is 73.1 cm³/mol. The van der Waals surface area contributed by atoms with Crippen LogP contribution in [0.25, 0.3) is 0 Å². The molecule has 1 atom stereocenters. The van der Waals surface area contributed by atoms with Gasteiger partial charge in [-0.2, -0.15) is 0 Å². The molecule has 1 aromatic carbocycles. The van der Waals surface area contributed by atoms with E-state index in [0.717, 1.165) is 5.75 Å². The van der Waals surface area contributed by atoms with Gasteiger partial charge in [-0.15, -0.1) is 0 Å². The molecule has 1 saturated carbocycles. The SMILES string of the molecule is Cc1ccc(OCC(C)(O)CNC2CC2)cc1C. The van der Waals surface area contributed by atoms with Crippen molar-refractivity contribution in [2.24, 2.45) is 0 Å². The topological polar surface area (TPSA) is 41.5 Å². The number of aliphatic hydroxyl groups is 1. The van der Waals surface area contributed by atoms with Gasteiger partial charge in [0.15, 0.2) is 0 Å². The number of aryl methyl sites for hydroxylation is 2. The Balaban J connectivity index is 1.82. The van der Waals surface area contributed by atoms with Crippen molar-refractivity contribution in [1.82, 2.24) is 5.32 Å². The third-order valence-electron chi connectivity index (χ3n) is 3.38. The van der Waals surface area contributed by atoms with Crippen LogP contribution in [0.3, 0.4) is 0 Å². The summed E-state index contributed by atoms with van der Waals surface area (Å²) >= 11 is 0.